The maximum Gasteiger partial charge on any atom is 0.291 e. The summed E-state index contributed by atoms with van der Waals surface area (Å²) < 4.78 is 16.6. The maximum atomic E-state index is 13.0. The quantitative estimate of drug-likeness (QED) is 0.342. The molecule has 1 amide bonds. The van der Waals surface area contributed by atoms with Crippen LogP contribution in [0.2, 0.25) is 0 Å². The summed E-state index contributed by atoms with van der Waals surface area (Å²) >= 11 is 1.66. The number of nitrogens with one attached hydrogen (secondary N) is 2. The van der Waals surface area contributed by atoms with Crippen LogP contribution in [0.4, 0.5) is 10.8 Å². The summed E-state index contributed by atoms with van der Waals surface area (Å²) in [7, 11) is 0. The molecule has 1 unspecified atom stereocenters. The van der Waals surface area contributed by atoms with Crippen LogP contribution in [0.15, 0.2) is 59.3 Å². The number of benzene rings is 1. The third-order valence-electron chi connectivity index (χ3n) is 6.41. The molecule has 0 saturated heterocycles. The number of furan rings is 1. The Bertz CT molecular complexity index is 1380. The molecule has 3 aromatic heterocycles. The summed E-state index contributed by atoms with van der Waals surface area (Å²) in [5, 5.41) is 7.63. The first-order valence-electron chi connectivity index (χ1n) is 11.7. The van der Waals surface area contributed by atoms with E-state index in [1.807, 2.05) is 37.3 Å². The van der Waals surface area contributed by atoms with E-state index < -0.39 is 0 Å². The van der Waals surface area contributed by atoms with Gasteiger partial charge in [-0.15, -0.1) is 11.3 Å². The molecule has 8 heteroatoms. The highest BCUT2D eigenvalue weighted by molar-refractivity contribution is 7.16. The average Bonchev–Trinajstić information content (AvgIpc) is 3.62. The molecule has 6 rings (SSSR count). The molecule has 1 aliphatic carbocycles. The summed E-state index contributed by atoms with van der Waals surface area (Å²) in [4.78, 5) is 18.9. The molecule has 0 saturated carbocycles. The molecule has 1 aromatic carbocycles. The van der Waals surface area contributed by atoms with Gasteiger partial charge in [0.25, 0.3) is 5.91 Å². The second kappa shape index (κ2) is 9.11. The topological polar surface area (TPSA) is 85.6 Å². The minimum Gasteiger partial charge on any atom is -0.459 e. The van der Waals surface area contributed by atoms with Crippen LogP contribution in [-0.4, -0.2) is 17.7 Å². The third kappa shape index (κ3) is 4.25. The van der Waals surface area contributed by atoms with Gasteiger partial charge in [-0.05, 0) is 85.7 Å². The minimum absolute atomic E-state index is 0.217. The number of rotatable bonds is 6. The van der Waals surface area contributed by atoms with Crippen LogP contribution in [0, 0.1) is 6.92 Å². The molecule has 2 N–H and O–H groups in total. The van der Waals surface area contributed by atoms with Crippen LogP contribution in [-0.2, 0) is 12.8 Å². The molecular formula is C27H25N3O4S. The van der Waals surface area contributed by atoms with E-state index in [1.165, 1.54) is 16.7 Å². The number of ether oxygens (including phenoxy) is 2. The van der Waals surface area contributed by atoms with Crippen molar-refractivity contribution < 1.29 is 18.7 Å². The Hall–Kier alpha value is -3.78. The second-order valence-corrected chi connectivity index (χ2v) is 9.90. The first-order chi connectivity index (χ1) is 17.2. The van der Waals surface area contributed by atoms with Crippen LogP contribution in [0.5, 0.6) is 11.5 Å². The number of pyridine rings is 1. The van der Waals surface area contributed by atoms with Crippen molar-refractivity contribution in [2.45, 2.75) is 38.6 Å². The predicted molar refractivity (Wildman–Crippen MR) is 135 cm³/mol. The molecular weight excluding hydrogens is 462 g/mol. The van der Waals surface area contributed by atoms with Crippen molar-refractivity contribution in [1.82, 2.24) is 4.98 Å². The van der Waals surface area contributed by atoms with Crippen LogP contribution in [0.25, 0.3) is 0 Å². The van der Waals surface area contributed by atoms with Crippen molar-refractivity contribution >= 4 is 28.1 Å². The molecule has 0 fully saturated rings. The number of anilines is 2. The second-order valence-electron chi connectivity index (χ2n) is 8.79. The van der Waals surface area contributed by atoms with Crippen molar-refractivity contribution in [3.8, 4) is 11.5 Å². The number of nitrogens with zero attached hydrogens (tertiary/aromatic N) is 1. The zero-order chi connectivity index (χ0) is 23.8. The minimum atomic E-state index is -0.257. The third-order valence-corrected chi connectivity index (χ3v) is 7.63. The number of hydrogen-bond acceptors (Lipinski definition) is 7. The Labute approximate surface area is 207 Å². The summed E-state index contributed by atoms with van der Waals surface area (Å²) in [5.74, 6) is 2.26. The number of thiophene rings is 1. The monoisotopic (exact) mass is 487 g/mol. The van der Waals surface area contributed by atoms with E-state index in [0.29, 0.717) is 0 Å². The van der Waals surface area contributed by atoms with Crippen LogP contribution < -0.4 is 20.1 Å². The van der Waals surface area contributed by atoms with E-state index >= 15 is 0 Å². The largest absolute Gasteiger partial charge is 0.459 e. The predicted octanol–water partition coefficient (Wildman–Crippen LogP) is 6.11. The molecule has 7 nitrogen and oxygen atoms in total. The fourth-order valence-electron chi connectivity index (χ4n) is 4.74. The van der Waals surface area contributed by atoms with E-state index in [9.17, 15) is 4.79 Å². The number of hydrogen-bond donors (Lipinski definition) is 2. The molecule has 1 atom stereocenters. The van der Waals surface area contributed by atoms with Crippen LogP contribution >= 0.6 is 11.3 Å². The zero-order valence-corrected chi connectivity index (χ0v) is 20.1. The van der Waals surface area contributed by atoms with E-state index in [4.69, 9.17) is 13.9 Å². The van der Waals surface area contributed by atoms with Crippen molar-refractivity contribution in [3.05, 3.63) is 87.8 Å². The van der Waals surface area contributed by atoms with Gasteiger partial charge in [0, 0.05) is 16.6 Å². The van der Waals surface area contributed by atoms with Gasteiger partial charge in [0.2, 0.25) is 6.79 Å². The van der Waals surface area contributed by atoms with E-state index in [2.05, 4.69) is 15.6 Å². The Kier molecular flexibility index (Phi) is 5.66. The summed E-state index contributed by atoms with van der Waals surface area (Å²) in [5.41, 5.74) is 4.51. The standard InChI is InChI=1S/C27H25N3O4S/c1-16-10-11-28-23(13-16)29-25(17-8-9-19-21(14-17)34-15-33-19)24-18-5-2-3-7-22(18)35-27(24)30-26(31)20-6-4-12-32-20/h4,6,8-14,25H,2-3,5,7,15H2,1H3,(H,28,29)(H,30,31). The zero-order valence-electron chi connectivity index (χ0n) is 19.3. The van der Waals surface area contributed by atoms with E-state index in [-0.39, 0.29) is 24.5 Å². The van der Waals surface area contributed by atoms with E-state index in [0.717, 1.165) is 64.7 Å². The Morgan fingerprint density at radius 2 is 1.97 bits per heavy atom. The first-order valence-corrected chi connectivity index (χ1v) is 12.6. The number of aromatic nitrogens is 1. The molecule has 0 radical (unpaired) electrons. The lowest BCUT2D eigenvalue weighted by Crippen LogP contribution is -2.19. The van der Waals surface area contributed by atoms with E-state index in [1.54, 1.807) is 29.7 Å². The molecule has 2 aliphatic rings. The molecule has 4 heterocycles. The fraction of sp³-hybridized carbons (Fsp3) is 0.259. The Morgan fingerprint density at radius 3 is 2.83 bits per heavy atom. The number of carbonyl (C=O) groups is 1. The van der Waals surface area contributed by atoms with Crippen LogP contribution in [0.1, 0.15) is 56.6 Å². The van der Waals surface area contributed by atoms with Crippen molar-refractivity contribution in [3.63, 3.8) is 0 Å². The lowest BCUT2D eigenvalue weighted by Gasteiger charge is -2.24. The summed E-state index contributed by atoms with van der Waals surface area (Å²) in [6.07, 6.45) is 7.58. The van der Waals surface area contributed by atoms with Gasteiger partial charge < -0.3 is 24.5 Å². The summed E-state index contributed by atoms with van der Waals surface area (Å²) in [6.45, 7) is 2.26. The Balaban J connectivity index is 1.47. The van der Waals surface area contributed by atoms with Gasteiger partial charge in [-0.1, -0.05) is 6.07 Å². The highest BCUT2D eigenvalue weighted by Crippen LogP contribution is 2.46. The highest BCUT2D eigenvalue weighted by Gasteiger charge is 2.30. The van der Waals surface area contributed by atoms with Crippen molar-refractivity contribution in [2.75, 3.05) is 17.4 Å². The van der Waals surface area contributed by atoms with Gasteiger partial charge >= 0.3 is 0 Å². The molecule has 1 aliphatic heterocycles. The normalized spacial score (nSPS) is 14.9. The smallest absolute Gasteiger partial charge is 0.291 e. The highest BCUT2D eigenvalue weighted by atomic mass is 32.1. The summed E-state index contributed by atoms with van der Waals surface area (Å²) in [6, 6.07) is 13.1. The van der Waals surface area contributed by atoms with Crippen molar-refractivity contribution in [1.29, 1.82) is 0 Å². The molecule has 35 heavy (non-hydrogen) atoms. The number of fused-ring (bicyclic) bond motifs is 2. The SMILES string of the molecule is Cc1ccnc(NC(c2ccc3c(c2)OCO3)c2c(NC(=O)c3ccco3)sc3c2CCCC3)c1. The number of carbonyl (C=O) groups excluding carboxylic acids is 1. The van der Waals surface area contributed by atoms with Gasteiger partial charge in [-0.25, -0.2) is 4.98 Å². The molecule has 178 valence electrons. The van der Waals surface area contributed by atoms with Crippen LogP contribution in [0.3, 0.4) is 0 Å². The fourth-order valence-corrected chi connectivity index (χ4v) is 6.06. The van der Waals surface area contributed by atoms with Gasteiger partial charge in [0.05, 0.1) is 12.3 Å². The number of amides is 1. The van der Waals surface area contributed by atoms with Gasteiger partial charge in [-0.3, -0.25) is 4.79 Å². The first kappa shape index (κ1) is 21.7. The van der Waals surface area contributed by atoms with Gasteiger partial charge in [0.1, 0.15) is 10.8 Å². The van der Waals surface area contributed by atoms with Crippen molar-refractivity contribution in [2.24, 2.45) is 0 Å². The molecule has 0 bridgehead atoms. The molecule has 0 spiro atoms. The molecule has 4 aromatic rings. The maximum absolute atomic E-state index is 13.0. The average molecular weight is 488 g/mol. The lowest BCUT2D eigenvalue weighted by molar-refractivity contribution is 0.0997. The van der Waals surface area contributed by atoms with Gasteiger partial charge in [-0.2, -0.15) is 0 Å². The number of aryl methyl sites for hydroxylation is 2. The lowest BCUT2D eigenvalue weighted by atomic mass is 9.89. The Morgan fingerprint density at radius 1 is 1.09 bits per heavy atom. The van der Waals surface area contributed by atoms with Gasteiger partial charge in [0.15, 0.2) is 17.3 Å².